The average molecular weight is 371 g/mol. The first kappa shape index (κ1) is 18.1. The van der Waals surface area contributed by atoms with Crippen LogP contribution in [0.3, 0.4) is 0 Å². The van der Waals surface area contributed by atoms with Gasteiger partial charge in [-0.1, -0.05) is 0 Å². The molecule has 3 rings (SSSR count). The SMILES string of the molecule is Cc1cc(-c2nc(/C=C\C(=O)N3CC(F)(F)C3)c[nH]2)cc(C(F)(F)F)c1. The number of nitrogens with zero attached hydrogens (tertiary/aromatic N) is 2. The van der Waals surface area contributed by atoms with Gasteiger partial charge in [-0.25, -0.2) is 13.8 Å². The molecule has 0 aliphatic carbocycles. The van der Waals surface area contributed by atoms with E-state index in [0.717, 1.165) is 23.1 Å². The summed E-state index contributed by atoms with van der Waals surface area (Å²) in [4.78, 5) is 19.6. The molecule has 2 heterocycles. The lowest BCUT2D eigenvalue weighted by Gasteiger charge is -2.37. The van der Waals surface area contributed by atoms with Crippen molar-refractivity contribution in [2.24, 2.45) is 0 Å². The summed E-state index contributed by atoms with van der Waals surface area (Å²) in [5, 5.41) is 0. The van der Waals surface area contributed by atoms with E-state index in [9.17, 15) is 26.7 Å². The van der Waals surface area contributed by atoms with Crippen LogP contribution in [-0.2, 0) is 11.0 Å². The third kappa shape index (κ3) is 3.92. The van der Waals surface area contributed by atoms with E-state index in [1.807, 2.05) is 0 Å². The maximum absolute atomic E-state index is 12.9. The molecule has 1 aliphatic rings. The number of likely N-dealkylation sites (tertiary alicyclic amines) is 1. The molecule has 138 valence electrons. The van der Waals surface area contributed by atoms with Crippen molar-refractivity contribution in [3.8, 4) is 11.4 Å². The molecule has 0 radical (unpaired) electrons. The molecule has 26 heavy (non-hydrogen) atoms. The number of hydrogen-bond donors (Lipinski definition) is 1. The van der Waals surface area contributed by atoms with Crippen LogP contribution < -0.4 is 0 Å². The van der Waals surface area contributed by atoms with Gasteiger partial charge in [0.1, 0.15) is 5.82 Å². The topological polar surface area (TPSA) is 49.0 Å². The molecule has 4 nitrogen and oxygen atoms in total. The molecular formula is C17H14F5N3O. The predicted octanol–water partition coefficient (Wildman–Crippen LogP) is 3.89. The number of aromatic amines is 1. The Balaban J connectivity index is 1.75. The molecule has 0 unspecified atom stereocenters. The van der Waals surface area contributed by atoms with Crippen LogP contribution in [0.4, 0.5) is 22.0 Å². The predicted molar refractivity (Wildman–Crippen MR) is 84.3 cm³/mol. The van der Waals surface area contributed by atoms with Crippen LogP contribution in [0, 0.1) is 6.92 Å². The summed E-state index contributed by atoms with van der Waals surface area (Å²) in [6, 6.07) is 3.57. The number of aromatic nitrogens is 2. The van der Waals surface area contributed by atoms with Crippen LogP contribution in [0.2, 0.25) is 0 Å². The summed E-state index contributed by atoms with van der Waals surface area (Å²) in [5.41, 5.74) is 0.202. The number of imidazole rings is 1. The Morgan fingerprint density at radius 1 is 1.27 bits per heavy atom. The normalized spacial score (nSPS) is 16.8. The lowest BCUT2D eigenvalue weighted by atomic mass is 10.1. The Morgan fingerprint density at radius 2 is 1.96 bits per heavy atom. The monoisotopic (exact) mass is 371 g/mol. The van der Waals surface area contributed by atoms with Crippen LogP contribution in [-0.4, -0.2) is 39.8 Å². The van der Waals surface area contributed by atoms with Gasteiger partial charge in [0.25, 0.3) is 5.92 Å². The molecule has 0 bridgehead atoms. The minimum absolute atomic E-state index is 0.210. The summed E-state index contributed by atoms with van der Waals surface area (Å²) in [6.07, 6.45) is -0.632. The fraction of sp³-hybridized carbons (Fsp3) is 0.294. The lowest BCUT2D eigenvalue weighted by Crippen LogP contribution is -2.57. The zero-order valence-electron chi connectivity index (χ0n) is 13.6. The molecule has 1 aliphatic heterocycles. The van der Waals surface area contributed by atoms with Crippen molar-refractivity contribution < 1.29 is 26.7 Å². The Kier molecular flexibility index (Phi) is 4.33. The van der Waals surface area contributed by atoms with Crippen LogP contribution in [0.5, 0.6) is 0 Å². The number of rotatable bonds is 3. The first-order valence-corrected chi connectivity index (χ1v) is 7.63. The standard InChI is InChI=1S/C17H14F5N3O/c1-10-4-11(6-12(5-10)17(20,21)22)15-23-7-13(24-15)2-3-14(26)25-8-16(18,19)9-25/h2-7H,8-9H2,1H3,(H,23,24)/b3-2-. The minimum Gasteiger partial charge on any atom is -0.344 e. The van der Waals surface area contributed by atoms with Crippen molar-refractivity contribution in [2.75, 3.05) is 13.1 Å². The molecule has 2 aromatic rings. The second-order valence-electron chi connectivity index (χ2n) is 6.14. The van der Waals surface area contributed by atoms with E-state index in [1.165, 1.54) is 12.3 Å². The van der Waals surface area contributed by atoms with Crippen molar-refractivity contribution >= 4 is 12.0 Å². The highest BCUT2D eigenvalue weighted by Crippen LogP contribution is 2.32. The molecule has 1 N–H and O–H groups in total. The smallest absolute Gasteiger partial charge is 0.344 e. The number of benzene rings is 1. The van der Waals surface area contributed by atoms with Gasteiger partial charge in [-0.05, 0) is 36.8 Å². The van der Waals surface area contributed by atoms with Gasteiger partial charge in [-0.15, -0.1) is 0 Å². The Bertz CT molecular complexity index is 862. The van der Waals surface area contributed by atoms with E-state index in [0.29, 0.717) is 11.3 Å². The summed E-state index contributed by atoms with van der Waals surface area (Å²) < 4.78 is 64.2. The first-order valence-electron chi connectivity index (χ1n) is 7.63. The lowest BCUT2D eigenvalue weighted by molar-refractivity contribution is -0.160. The molecule has 0 saturated carbocycles. The number of alkyl halides is 5. The number of carbonyl (C=O) groups excluding carboxylic acids is 1. The second kappa shape index (κ2) is 6.22. The fourth-order valence-electron chi connectivity index (χ4n) is 2.58. The van der Waals surface area contributed by atoms with E-state index in [4.69, 9.17) is 0 Å². The van der Waals surface area contributed by atoms with Gasteiger partial charge in [0, 0.05) is 17.8 Å². The second-order valence-corrected chi connectivity index (χ2v) is 6.14. The van der Waals surface area contributed by atoms with E-state index >= 15 is 0 Å². The summed E-state index contributed by atoms with van der Waals surface area (Å²) in [7, 11) is 0. The maximum Gasteiger partial charge on any atom is 0.416 e. The molecule has 1 amide bonds. The van der Waals surface area contributed by atoms with Gasteiger partial charge in [-0.2, -0.15) is 13.2 Å². The molecule has 9 heteroatoms. The number of nitrogens with one attached hydrogen (secondary N) is 1. The summed E-state index contributed by atoms with van der Waals surface area (Å²) in [6.45, 7) is 0.307. The Hall–Kier alpha value is -2.71. The molecule has 0 atom stereocenters. The third-order valence-corrected chi connectivity index (χ3v) is 3.83. The highest BCUT2D eigenvalue weighted by Gasteiger charge is 2.45. The molecule has 1 aromatic carbocycles. The summed E-state index contributed by atoms with van der Waals surface area (Å²) >= 11 is 0. The minimum atomic E-state index is -4.47. The van der Waals surface area contributed by atoms with Gasteiger partial charge in [-0.3, -0.25) is 4.79 Å². The summed E-state index contributed by atoms with van der Waals surface area (Å²) in [5.74, 6) is -3.21. The maximum atomic E-state index is 12.9. The number of carbonyl (C=O) groups is 1. The Morgan fingerprint density at radius 3 is 2.58 bits per heavy atom. The van der Waals surface area contributed by atoms with E-state index < -0.39 is 36.7 Å². The van der Waals surface area contributed by atoms with Crippen LogP contribution in [0.1, 0.15) is 16.8 Å². The zero-order valence-corrected chi connectivity index (χ0v) is 13.6. The van der Waals surface area contributed by atoms with Crippen LogP contribution in [0.15, 0.2) is 30.5 Å². The number of halogens is 5. The van der Waals surface area contributed by atoms with E-state index in [1.54, 1.807) is 13.0 Å². The van der Waals surface area contributed by atoms with Gasteiger partial charge in [0.2, 0.25) is 5.91 Å². The average Bonchev–Trinajstić information content (AvgIpc) is 2.97. The molecule has 1 aromatic heterocycles. The molecule has 1 saturated heterocycles. The van der Waals surface area contributed by atoms with E-state index in [2.05, 4.69) is 9.97 Å². The van der Waals surface area contributed by atoms with Crippen LogP contribution >= 0.6 is 0 Å². The molecule has 1 fully saturated rings. The van der Waals surface area contributed by atoms with Crippen molar-refractivity contribution in [3.05, 3.63) is 47.3 Å². The molecular weight excluding hydrogens is 357 g/mol. The molecule has 0 spiro atoms. The quantitative estimate of drug-likeness (QED) is 0.657. The van der Waals surface area contributed by atoms with Gasteiger partial charge >= 0.3 is 6.18 Å². The Labute approximate surface area is 145 Å². The highest BCUT2D eigenvalue weighted by molar-refractivity contribution is 5.92. The van der Waals surface area contributed by atoms with E-state index in [-0.39, 0.29) is 11.4 Å². The number of H-pyrrole nitrogens is 1. The van der Waals surface area contributed by atoms with Crippen molar-refractivity contribution in [3.63, 3.8) is 0 Å². The van der Waals surface area contributed by atoms with Crippen molar-refractivity contribution in [1.29, 1.82) is 0 Å². The van der Waals surface area contributed by atoms with Crippen molar-refractivity contribution in [2.45, 2.75) is 19.0 Å². The third-order valence-electron chi connectivity index (χ3n) is 3.83. The number of aryl methyl sites for hydroxylation is 1. The van der Waals surface area contributed by atoms with Gasteiger partial charge < -0.3 is 9.88 Å². The number of amides is 1. The number of hydrogen-bond acceptors (Lipinski definition) is 2. The first-order chi connectivity index (χ1) is 12.0. The fourth-order valence-corrected chi connectivity index (χ4v) is 2.58. The largest absolute Gasteiger partial charge is 0.416 e. The van der Waals surface area contributed by atoms with Gasteiger partial charge in [0.05, 0.1) is 24.3 Å². The zero-order chi connectivity index (χ0) is 19.1. The van der Waals surface area contributed by atoms with Crippen molar-refractivity contribution in [1.82, 2.24) is 14.9 Å². The van der Waals surface area contributed by atoms with Crippen LogP contribution in [0.25, 0.3) is 17.5 Å². The highest BCUT2D eigenvalue weighted by atomic mass is 19.4. The van der Waals surface area contributed by atoms with Gasteiger partial charge in [0.15, 0.2) is 0 Å².